The van der Waals surface area contributed by atoms with Gasteiger partial charge in [-0.15, -0.1) is 0 Å². The van der Waals surface area contributed by atoms with E-state index in [0.717, 1.165) is 25.7 Å². The Bertz CT molecular complexity index is 1020. The summed E-state index contributed by atoms with van der Waals surface area (Å²) >= 11 is 0. The summed E-state index contributed by atoms with van der Waals surface area (Å²) in [6, 6.07) is 14.6. The van der Waals surface area contributed by atoms with Crippen molar-refractivity contribution in [2.45, 2.75) is 76.3 Å². The van der Waals surface area contributed by atoms with Gasteiger partial charge in [0.1, 0.15) is 0 Å². The van der Waals surface area contributed by atoms with Crippen LogP contribution in [0, 0.1) is 0 Å². The topological polar surface area (TPSA) is 75.7 Å². The van der Waals surface area contributed by atoms with Crippen molar-refractivity contribution in [2.24, 2.45) is 0 Å². The maximum Gasteiger partial charge on any atom is 0.307 e. The van der Waals surface area contributed by atoms with Gasteiger partial charge in [-0.3, -0.25) is 14.4 Å². The predicted octanol–water partition coefficient (Wildman–Crippen LogP) is 4.15. The summed E-state index contributed by atoms with van der Waals surface area (Å²) in [6.07, 6.45) is 6.00. The Hall–Kier alpha value is -2.89. The molecule has 4 rings (SSSR count). The minimum Gasteiger partial charge on any atom is -0.466 e. The van der Waals surface area contributed by atoms with E-state index in [-0.39, 0.29) is 30.2 Å². The number of ether oxygens (including phenoxy) is 1. The van der Waals surface area contributed by atoms with Crippen LogP contribution in [0.1, 0.15) is 63.9 Å². The van der Waals surface area contributed by atoms with E-state index >= 15 is 0 Å². The molecule has 2 fully saturated rings. The third-order valence-electron chi connectivity index (χ3n) is 7.06. The maximum absolute atomic E-state index is 13.2. The second-order valence-electron chi connectivity index (χ2n) is 9.43. The normalized spacial score (nSPS) is 22.9. The van der Waals surface area contributed by atoms with Crippen molar-refractivity contribution in [2.75, 3.05) is 13.2 Å². The lowest BCUT2D eigenvalue weighted by Gasteiger charge is -2.36. The highest BCUT2D eigenvalue weighted by atomic mass is 16.5. The summed E-state index contributed by atoms with van der Waals surface area (Å²) in [4.78, 5) is 39.3. The van der Waals surface area contributed by atoms with E-state index < -0.39 is 5.54 Å². The fraction of sp³-hybridized carbons (Fsp3) is 0.519. The zero-order valence-electron chi connectivity index (χ0n) is 19.5. The molecule has 2 saturated heterocycles. The van der Waals surface area contributed by atoms with E-state index in [1.165, 1.54) is 16.3 Å². The number of benzene rings is 2. The first kappa shape index (κ1) is 23.3. The molecule has 33 heavy (non-hydrogen) atoms. The number of rotatable bonds is 8. The van der Waals surface area contributed by atoms with Crippen LogP contribution in [-0.4, -0.2) is 47.4 Å². The molecule has 2 aliphatic heterocycles. The fourth-order valence-corrected chi connectivity index (χ4v) is 5.36. The van der Waals surface area contributed by atoms with Gasteiger partial charge < -0.3 is 15.0 Å². The fourth-order valence-electron chi connectivity index (χ4n) is 5.36. The number of nitrogens with one attached hydrogen (secondary N) is 1. The number of amides is 2. The third kappa shape index (κ3) is 5.73. The summed E-state index contributed by atoms with van der Waals surface area (Å²) in [7, 11) is 0. The molecule has 2 aromatic rings. The molecule has 0 radical (unpaired) electrons. The van der Waals surface area contributed by atoms with Crippen molar-refractivity contribution in [1.29, 1.82) is 0 Å². The van der Waals surface area contributed by atoms with Crippen LogP contribution in [0.3, 0.4) is 0 Å². The summed E-state index contributed by atoms with van der Waals surface area (Å²) < 4.78 is 5.11. The molecule has 0 bridgehead atoms. The van der Waals surface area contributed by atoms with Crippen LogP contribution < -0.4 is 5.32 Å². The highest BCUT2D eigenvalue weighted by molar-refractivity contribution is 5.83. The first-order chi connectivity index (χ1) is 16.0. The second-order valence-corrected chi connectivity index (χ2v) is 9.43. The average molecular weight is 451 g/mol. The molecule has 6 nitrogen and oxygen atoms in total. The first-order valence-electron chi connectivity index (χ1n) is 12.2. The van der Waals surface area contributed by atoms with Gasteiger partial charge in [0.25, 0.3) is 0 Å². The SMILES string of the molecule is CCOC(=O)C[C@@H]1CCCCN1C(=O)CC[C@@]1(Cc2ccc3ccccc3c2)CCC(=O)N1. The van der Waals surface area contributed by atoms with Crippen molar-refractivity contribution in [3.8, 4) is 0 Å². The number of piperidine rings is 1. The van der Waals surface area contributed by atoms with E-state index in [1.807, 2.05) is 17.0 Å². The van der Waals surface area contributed by atoms with Crippen LogP contribution in [0.2, 0.25) is 0 Å². The van der Waals surface area contributed by atoms with E-state index in [1.54, 1.807) is 6.92 Å². The Morgan fingerprint density at radius 2 is 1.97 bits per heavy atom. The zero-order chi connectivity index (χ0) is 23.3. The van der Waals surface area contributed by atoms with Crippen molar-refractivity contribution >= 4 is 28.6 Å². The molecular formula is C27H34N2O4. The van der Waals surface area contributed by atoms with Gasteiger partial charge in [-0.25, -0.2) is 0 Å². The molecular weight excluding hydrogens is 416 g/mol. The third-order valence-corrected chi connectivity index (χ3v) is 7.06. The summed E-state index contributed by atoms with van der Waals surface area (Å²) in [5, 5.41) is 5.57. The number of carbonyl (C=O) groups excluding carboxylic acids is 3. The number of esters is 1. The van der Waals surface area contributed by atoms with Gasteiger partial charge in [-0.1, -0.05) is 42.5 Å². The van der Waals surface area contributed by atoms with Gasteiger partial charge >= 0.3 is 5.97 Å². The van der Waals surface area contributed by atoms with Crippen molar-refractivity contribution in [3.05, 3.63) is 48.0 Å². The molecule has 2 atom stereocenters. The lowest BCUT2D eigenvalue weighted by atomic mass is 9.84. The number of nitrogens with zero attached hydrogens (tertiary/aromatic N) is 1. The molecule has 0 saturated carbocycles. The summed E-state index contributed by atoms with van der Waals surface area (Å²) in [5.41, 5.74) is 0.767. The standard InChI is InChI=1S/C27H34N2O4/c1-2-33-26(32)18-23-9-5-6-16-29(23)25(31)13-15-27(14-12-24(30)28-27)19-20-10-11-21-7-3-4-8-22(21)17-20/h3-4,7-8,10-11,17,23H,2,5-6,9,12-16,18-19H2,1H3,(H,28,30)/t23-,27+/m0/s1. The first-order valence-corrected chi connectivity index (χ1v) is 12.2. The lowest BCUT2D eigenvalue weighted by Crippen LogP contribution is -2.47. The second kappa shape index (κ2) is 10.4. The minimum absolute atomic E-state index is 0.0569. The molecule has 0 spiro atoms. The van der Waals surface area contributed by atoms with E-state index in [0.29, 0.717) is 38.8 Å². The number of hydrogen-bond donors (Lipinski definition) is 1. The smallest absolute Gasteiger partial charge is 0.307 e. The van der Waals surface area contributed by atoms with Gasteiger partial charge in [0.05, 0.1) is 13.0 Å². The lowest BCUT2D eigenvalue weighted by molar-refractivity contribution is -0.146. The zero-order valence-corrected chi connectivity index (χ0v) is 19.5. The molecule has 2 amide bonds. The van der Waals surface area contributed by atoms with Gasteiger partial charge in [-0.05, 0) is 61.8 Å². The molecule has 176 valence electrons. The van der Waals surface area contributed by atoms with E-state index in [2.05, 4.69) is 35.6 Å². The number of carbonyl (C=O) groups is 3. The van der Waals surface area contributed by atoms with Crippen molar-refractivity contribution in [3.63, 3.8) is 0 Å². The van der Waals surface area contributed by atoms with E-state index in [9.17, 15) is 14.4 Å². The molecule has 0 aromatic heterocycles. The molecule has 2 heterocycles. The van der Waals surface area contributed by atoms with Crippen LogP contribution >= 0.6 is 0 Å². The Morgan fingerprint density at radius 1 is 1.15 bits per heavy atom. The van der Waals surface area contributed by atoms with Crippen LogP contribution in [-0.2, 0) is 25.5 Å². The highest BCUT2D eigenvalue weighted by Gasteiger charge is 2.39. The van der Waals surface area contributed by atoms with Gasteiger partial charge in [-0.2, -0.15) is 0 Å². The Morgan fingerprint density at radius 3 is 2.73 bits per heavy atom. The van der Waals surface area contributed by atoms with Gasteiger partial charge in [0.15, 0.2) is 0 Å². The summed E-state index contributed by atoms with van der Waals surface area (Å²) in [5.74, 6) is -0.109. The van der Waals surface area contributed by atoms with Crippen LogP contribution in [0.5, 0.6) is 0 Å². The molecule has 6 heteroatoms. The number of likely N-dealkylation sites (tertiary alicyclic amines) is 1. The molecule has 2 aliphatic rings. The molecule has 0 unspecified atom stereocenters. The van der Waals surface area contributed by atoms with Gasteiger partial charge in [0, 0.05) is 31.0 Å². The molecule has 2 aromatic carbocycles. The Kier molecular flexibility index (Phi) is 7.31. The Balaban J connectivity index is 1.44. The summed E-state index contributed by atoms with van der Waals surface area (Å²) in [6.45, 7) is 2.84. The van der Waals surface area contributed by atoms with Crippen LogP contribution in [0.25, 0.3) is 10.8 Å². The number of hydrogen-bond acceptors (Lipinski definition) is 4. The molecule has 1 N–H and O–H groups in total. The monoisotopic (exact) mass is 450 g/mol. The quantitative estimate of drug-likeness (QED) is 0.613. The van der Waals surface area contributed by atoms with Crippen molar-refractivity contribution in [1.82, 2.24) is 10.2 Å². The van der Waals surface area contributed by atoms with Crippen LogP contribution in [0.15, 0.2) is 42.5 Å². The van der Waals surface area contributed by atoms with E-state index in [4.69, 9.17) is 4.74 Å². The average Bonchev–Trinajstić information content (AvgIpc) is 3.18. The molecule has 0 aliphatic carbocycles. The highest BCUT2D eigenvalue weighted by Crippen LogP contribution is 2.32. The van der Waals surface area contributed by atoms with Crippen LogP contribution in [0.4, 0.5) is 0 Å². The minimum atomic E-state index is -0.401. The van der Waals surface area contributed by atoms with Gasteiger partial charge in [0.2, 0.25) is 11.8 Å². The Labute approximate surface area is 195 Å². The number of fused-ring (bicyclic) bond motifs is 1. The maximum atomic E-state index is 13.2. The largest absolute Gasteiger partial charge is 0.466 e. The predicted molar refractivity (Wildman–Crippen MR) is 128 cm³/mol. The van der Waals surface area contributed by atoms with Crippen molar-refractivity contribution < 1.29 is 19.1 Å².